The zero-order chi connectivity index (χ0) is 21.4. The molecule has 8 nitrogen and oxygen atoms in total. The first-order chi connectivity index (χ1) is 14.4. The number of hydrogen-bond donors (Lipinski definition) is 0. The molecule has 0 aromatic heterocycles. The van der Waals surface area contributed by atoms with Gasteiger partial charge in [0.25, 0.3) is 11.8 Å². The highest BCUT2D eigenvalue weighted by Gasteiger charge is 2.42. The standard InChI is InChI=1S/C18H20N4O4S4/c23-11-3-1-5-21-15(25)13(29-17(21)27)14-16(26)22(18(28)30-14)6-2-4-12(24)20-9-7-19(11)8-10-20/h1-10H2/b14-13-. The fourth-order valence-corrected chi connectivity index (χ4v) is 6.53. The lowest BCUT2D eigenvalue weighted by molar-refractivity contribution is -0.139. The van der Waals surface area contributed by atoms with Crippen LogP contribution in [0.2, 0.25) is 0 Å². The highest BCUT2D eigenvalue weighted by molar-refractivity contribution is 8.29. The Morgan fingerprint density at radius 2 is 0.967 bits per heavy atom. The number of piperazine rings is 1. The molecule has 0 aromatic rings. The van der Waals surface area contributed by atoms with E-state index in [1.54, 1.807) is 9.80 Å². The van der Waals surface area contributed by atoms with Crippen molar-refractivity contribution >= 4 is 80.2 Å². The maximum absolute atomic E-state index is 12.9. The summed E-state index contributed by atoms with van der Waals surface area (Å²) < 4.78 is 0.787. The first-order valence-corrected chi connectivity index (χ1v) is 12.2. The van der Waals surface area contributed by atoms with Crippen LogP contribution in [0.4, 0.5) is 0 Å². The van der Waals surface area contributed by atoms with Crippen molar-refractivity contribution in [1.29, 1.82) is 0 Å². The highest BCUT2D eigenvalue weighted by Crippen LogP contribution is 2.42. The molecule has 3 fully saturated rings. The van der Waals surface area contributed by atoms with E-state index in [2.05, 4.69) is 0 Å². The van der Waals surface area contributed by atoms with E-state index in [0.29, 0.717) is 83.4 Å². The van der Waals surface area contributed by atoms with Crippen LogP contribution in [0.15, 0.2) is 9.81 Å². The van der Waals surface area contributed by atoms with Crippen LogP contribution in [-0.2, 0) is 19.2 Å². The average molecular weight is 485 g/mol. The van der Waals surface area contributed by atoms with Crippen LogP contribution in [0.5, 0.6) is 0 Å². The lowest BCUT2D eigenvalue weighted by atomic mass is 10.2. The van der Waals surface area contributed by atoms with Crippen molar-refractivity contribution in [1.82, 2.24) is 19.6 Å². The molecule has 3 saturated heterocycles. The molecular weight excluding hydrogens is 464 g/mol. The van der Waals surface area contributed by atoms with Gasteiger partial charge in [0.05, 0.1) is 9.81 Å². The quantitative estimate of drug-likeness (QED) is 0.474. The Morgan fingerprint density at radius 1 is 0.600 bits per heavy atom. The maximum atomic E-state index is 12.9. The van der Waals surface area contributed by atoms with Crippen LogP contribution in [0.1, 0.15) is 25.7 Å². The van der Waals surface area contributed by atoms with E-state index in [-0.39, 0.29) is 23.6 Å². The first kappa shape index (κ1) is 21.7. The Bertz CT molecular complexity index is 811. The second kappa shape index (κ2) is 8.93. The zero-order valence-electron chi connectivity index (χ0n) is 16.1. The van der Waals surface area contributed by atoms with Crippen molar-refractivity contribution in [2.45, 2.75) is 25.7 Å². The maximum Gasteiger partial charge on any atom is 0.267 e. The minimum Gasteiger partial charge on any atom is -0.339 e. The summed E-state index contributed by atoms with van der Waals surface area (Å²) in [6.45, 7) is 2.73. The predicted molar refractivity (Wildman–Crippen MR) is 122 cm³/mol. The molecule has 5 rings (SSSR count). The van der Waals surface area contributed by atoms with Crippen molar-refractivity contribution in [3.8, 4) is 0 Å². The van der Waals surface area contributed by atoms with Gasteiger partial charge in [-0.1, -0.05) is 48.0 Å². The van der Waals surface area contributed by atoms with Gasteiger partial charge in [-0.25, -0.2) is 0 Å². The highest BCUT2D eigenvalue weighted by atomic mass is 32.2. The molecule has 0 aliphatic carbocycles. The van der Waals surface area contributed by atoms with Crippen molar-refractivity contribution in [2.24, 2.45) is 0 Å². The van der Waals surface area contributed by atoms with E-state index in [0.717, 1.165) is 23.5 Å². The monoisotopic (exact) mass is 484 g/mol. The number of thiocarbonyl (C=S) groups is 2. The van der Waals surface area contributed by atoms with Gasteiger partial charge >= 0.3 is 0 Å². The molecule has 0 radical (unpaired) electrons. The van der Waals surface area contributed by atoms with Gasteiger partial charge in [-0.3, -0.25) is 29.0 Å². The van der Waals surface area contributed by atoms with E-state index < -0.39 is 0 Å². The fraction of sp³-hybridized carbons (Fsp3) is 0.556. The fourth-order valence-electron chi connectivity index (χ4n) is 3.75. The van der Waals surface area contributed by atoms with Gasteiger partial charge in [-0.2, -0.15) is 0 Å². The Hall–Kier alpha value is -1.50. The summed E-state index contributed by atoms with van der Waals surface area (Å²) in [6, 6.07) is 0. The Morgan fingerprint density at radius 3 is 1.33 bits per heavy atom. The van der Waals surface area contributed by atoms with Crippen LogP contribution >= 0.6 is 48.0 Å². The summed E-state index contributed by atoms with van der Waals surface area (Å²) in [5.74, 6) is -0.560. The van der Waals surface area contributed by atoms with Gasteiger partial charge in [0.15, 0.2) is 0 Å². The van der Waals surface area contributed by atoms with E-state index in [1.807, 2.05) is 0 Å². The minimum atomic E-state index is -0.303. The normalized spacial score (nSPS) is 26.8. The Balaban J connectivity index is 1.57. The van der Waals surface area contributed by atoms with Crippen LogP contribution < -0.4 is 0 Å². The van der Waals surface area contributed by atoms with Gasteiger partial charge in [0, 0.05) is 52.1 Å². The van der Waals surface area contributed by atoms with Crippen molar-refractivity contribution < 1.29 is 19.2 Å². The first-order valence-electron chi connectivity index (χ1n) is 9.74. The minimum absolute atomic E-state index is 0.0227. The van der Waals surface area contributed by atoms with Crippen LogP contribution in [0.25, 0.3) is 0 Å². The summed E-state index contributed by atoms with van der Waals surface area (Å²) in [6.07, 6.45) is 1.59. The zero-order valence-corrected chi connectivity index (χ0v) is 19.4. The Labute approximate surface area is 193 Å². The van der Waals surface area contributed by atoms with Gasteiger partial charge in [0.1, 0.15) is 8.64 Å². The molecule has 5 heterocycles. The third-order valence-corrected chi connectivity index (χ3v) is 8.46. The summed E-state index contributed by atoms with van der Waals surface area (Å²) in [5, 5.41) is 0. The van der Waals surface area contributed by atoms with Crippen molar-refractivity contribution in [3.05, 3.63) is 9.81 Å². The molecule has 160 valence electrons. The van der Waals surface area contributed by atoms with Crippen LogP contribution in [0.3, 0.4) is 0 Å². The van der Waals surface area contributed by atoms with E-state index in [4.69, 9.17) is 24.4 Å². The number of nitrogens with zero attached hydrogens (tertiary/aromatic N) is 4. The summed E-state index contributed by atoms with van der Waals surface area (Å²) in [4.78, 5) is 57.9. The SMILES string of the molecule is O=C1CCCN2C(=O)/C(=C3/SC(=S)N(CCCC(=O)N4CCN1CC4)C3=O)SC2=S. The van der Waals surface area contributed by atoms with Crippen molar-refractivity contribution in [3.63, 3.8) is 0 Å². The van der Waals surface area contributed by atoms with E-state index >= 15 is 0 Å². The number of rotatable bonds is 0. The van der Waals surface area contributed by atoms with Crippen LogP contribution in [0, 0.1) is 0 Å². The molecular formula is C18H20N4O4S4. The smallest absolute Gasteiger partial charge is 0.267 e. The molecule has 0 aromatic carbocycles. The molecule has 0 atom stereocenters. The summed E-state index contributed by atoms with van der Waals surface area (Å²) >= 11 is 12.9. The summed E-state index contributed by atoms with van der Waals surface area (Å²) in [5.41, 5.74) is 0. The number of amides is 4. The second-order valence-electron chi connectivity index (χ2n) is 7.28. The van der Waals surface area contributed by atoms with Gasteiger partial charge in [0.2, 0.25) is 11.8 Å². The molecule has 4 amide bonds. The molecule has 30 heavy (non-hydrogen) atoms. The number of thioether (sulfide) groups is 2. The lowest BCUT2D eigenvalue weighted by Crippen LogP contribution is -2.50. The Kier molecular flexibility index (Phi) is 6.47. The molecule has 6 bridgehead atoms. The summed E-state index contributed by atoms with van der Waals surface area (Å²) in [7, 11) is 0. The predicted octanol–water partition coefficient (Wildman–Crippen LogP) is 1.16. The third kappa shape index (κ3) is 4.14. The average Bonchev–Trinajstić information content (AvgIpc) is 3.17. The number of hydrogen-bond acceptors (Lipinski definition) is 8. The number of fused-ring (bicyclic) bond motifs is 8. The molecule has 0 unspecified atom stereocenters. The van der Waals surface area contributed by atoms with Crippen molar-refractivity contribution in [2.75, 3.05) is 39.3 Å². The molecule has 12 heteroatoms. The van der Waals surface area contributed by atoms with Crippen LogP contribution in [-0.4, -0.2) is 91.1 Å². The van der Waals surface area contributed by atoms with Gasteiger partial charge in [-0.15, -0.1) is 0 Å². The molecule has 5 aliphatic heterocycles. The molecule has 0 N–H and O–H groups in total. The molecule has 0 saturated carbocycles. The third-order valence-electron chi connectivity index (χ3n) is 5.43. The lowest BCUT2D eigenvalue weighted by Gasteiger charge is -2.35. The molecule has 0 spiro atoms. The van der Waals surface area contributed by atoms with E-state index in [9.17, 15) is 19.2 Å². The van der Waals surface area contributed by atoms with E-state index in [1.165, 1.54) is 9.80 Å². The van der Waals surface area contributed by atoms with Gasteiger partial charge in [-0.05, 0) is 12.8 Å². The van der Waals surface area contributed by atoms with Gasteiger partial charge < -0.3 is 9.80 Å². The largest absolute Gasteiger partial charge is 0.339 e. The topological polar surface area (TPSA) is 81.2 Å². The second-order valence-corrected chi connectivity index (χ2v) is 10.6. The molecule has 5 aliphatic rings. The number of carbonyl (C=O) groups is 4. The number of carbonyl (C=O) groups excluding carboxylic acids is 4.